The zero-order chi connectivity index (χ0) is 21.4. The summed E-state index contributed by atoms with van der Waals surface area (Å²) in [7, 11) is 1.48. The number of hydrogen-bond acceptors (Lipinski definition) is 5. The van der Waals surface area contributed by atoms with Crippen LogP contribution in [-0.2, 0) is 16.1 Å². The van der Waals surface area contributed by atoms with Crippen LogP contribution in [0.15, 0.2) is 36.4 Å². The predicted octanol–water partition coefficient (Wildman–Crippen LogP) is 4.09. The average molecular weight is 424 g/mol. The van der Waals surface area contributed by atoms with Crippen molar-refractivity contribution in [2.45, 2.75) is 20.4 Å². The van der Waals surface area contributed by atoms with Crippen LogP contribution in [0.4, 0.5) is 4.39 Å². The Hall–Kier alpha value is -2.80. The molecular formula is C21H23ClFNO5. The Morgan fingerprint density at radius 2 is 1.76 bits per heavy atom. The summed E-state index contributed by atoms with van der Waals surface area (Å²) in [5.74, 6) is -0.745. The Balaban J connectivity index is 1.99. The van der Waals surface area contributed by atoms with Gasteiger partial charge < -0.3 is 19.1 Å². The monoisotopic (exact) mass is 423 g/mol. The van der Waals surface area contributed by atoms with Crippen LogP contribution in [0.3, 0.4) is 0 Å². The third kappa shape index (κ3) is 6.09. The van der Waals surface area contributed by atoms with Gasteiger partial charge in [-0.25, -0.2) is 9.18 Å². The lowest BCUT2D eigenvalue weighted by Gasteiger charge is -2.18. The zero-order valence-electron chi connectivity index (χ0n) is 16.5. The molecule has 0 heterocycles. The van der Waals surface area contributed by atoms with E-state index in [-0.39, 0.29) is 22.7 Å². The number of hydrogen-bond donors (Lipinski definition) is 0. The maximum absolute atomic E-state index is 13.9. The first-order valence-corrected chi connectivity index (χ1v) is 9.48. The number of likely N-dealkylation sites (N-methyl/N-ethyl adjacent to an activating group) is 1. The molecule has 0 spiro atoms. The fourth-order valence-electron chi connectivity index (χ4n) is 2.51. The van der Waals surface area contributed by atoms with Crippen molar-refractivity contribution in [1.82, 2.24) is 4.90 Å². The van der Waals surface area contributed by atoms with Gasteiger partial charge in [-0.15, -0.1) is 0 Å². The molecule has 8 heteroatoms. The van der Waals surface area contributed by atoms with Gasteiger partial charge >= 0.3 is 5.97 Å². The molecule has 0 radical (unpaired) electrons. The van der Waals surface area contributed by atoms with Gasteiger partial charge in [0, 0.05) is 24.2 Å². The summed E-state index contributed by atoms with van der Waals surface area (Å²) in [4.78, 5) is 25.8. The summed E-state index contributed by atoms with van der Waals surface area (Å²) < 4.78 is 29.9. The quantitative estimate of drug-likeness (QED) is 0.568. The van der Waals surface area contributed by atoms with Crippen LogP contribution in [-0.4, -0.2) is 43.6 Å². The molecule has 0 saturated carbocycles. The average Bonchev–Trinajstić information content (AvgIpc) is 2.70. The van der Waals surface area contributed by atoms with E-state index in [4.69, 9.17) is 25.8 Å². The zero-order valence-corrected chi connectivity index (χ0v) is 17.3. The van der Waals surface area contributed by atoms with E-state index in [1.807, 2.05) is 13.8 Å². The molecule has 29 heavy (non-hydrogen) atoms. The van der Waals surface area contributed by atoms with Crippen LogP contribution in [0.5, 0.6) is 11.5 Å². The minimum Gasteiger partial charge on any atom is -0.490 e. The fourth-order valence-corrected chi connectivity index (χ4v) is 2.73. The van der Waals surface area contributed by atoms with E-state index >= 15 is 0 Å². The second-order valence-corrected chi connectivity index (χ2v) is 6.46. The third-order valence-corrected chi connectivity index (χ3v) is 4.34. The van der Waals surface area contributed by atoms with Gasteiger partial charge in [0.1, 0.15) is 5.82 Å². The van der Waals surface area contributed by atoms with Crippen molar-refractivity contribution in [2.75, 3.05) is 26.9 Å². The molecule has 0 aliphatic heterocycles. The minimum atomic E-state index is -0.681. The van der Waals surface area contributed by atoms with Gasteiger partial charge in [-0.1, -0.05) is 17.7 Å². The SMILES string of the molecule is CCOc1ccc(C(=O)OCC(=O)N(C)Cc2c(F)cccc2Cl)cc1OCC. The highest BCUT2D eigenvalue weighted by molar-refractivity contribution is 6.31. The van der Waals surface area contributed by atoms with E-state index < -0.39 is 24.3 Å². The summed E-state index contributed by atoms with van der Waals surface area (Å²) >= 11 is 5.98. The Kier molecular flexibility index (Phi) is 8.27. The second kappa shape index (κ2) is 10.7. The maximum Gasteiger partial charge on any atom is 0.338 e. The van der Waals surface area contributed by atoms with Gasteiger partial charge in [-0.3, -0.25) is 4.79 Å². The Bertz CT molecular complexity index is 854. The molecule has 2 aromatic rings. The van der Waals surface area contributed by atoms with Crippen LogP contribution >= 0.6 is 11.6 Å². The highest BCUT2D eigenvalue weighted by atomic mass is 35.5. The van der Waals surface area contributed by atoms with Gasteiger partial charge in [-0.2, -0.15) is 0 Å². The number of carbonyl (C=O) groups excluding carboxylic acids is 2. The Labute approximate surface area is 174 Å². The Morgan fingerprint density at radius 3 is 2.41 bits per heavy atom. The molecule has 1 amide bonds. The Morgan fingerprint density at radius 1 is 1.07 bits per heavy atom. The van der Waals surface area contributed by atoms with Crippen LogP contribution in [0.2, 0.25) is 5.02 Å². The molecule has 0 fully saturated rings. The van der Waals surface area contributed by atoms with Crippen LogP contribution in [0, 0.1) is 5.82 Å². The van der Waals surface area contributed by atoms with Crippen molar-refractivity contribution < 1.29 is 28.2 Å². The smallest absolute Gasteiger partial charge is 0.338 e. The van der Waals surface area contributed by atoms with Gasteiger partial charge in [-0.05, 0) is 44.2 Å². The molecule has 0 saturated heterocycles. The number of benzene rings is 2. The van der Waals surface area contributed by atoms with E-state index in [1.54, 1.807) is 12.1 Å². The first-order valence-electron chi connectivity index (χ1n) is 9.11. The fraction of sp³-hybridized carbons (Fsp3) is 0.333. The number of esters is 1. The number of nitrogens with zero attached hydrogens (tertiary/aromatic N) is 1. The highest BCUT2D eigenvalue weighted by Crippen LogP contribution is 2.29. The molecule has 0 N–H and O–H groups in total. The molecule has 0 aromatic heterocycles. The normalized spacial score (nSPS) is 10.4. The molecule has 6 nitrogen and oxygen atoms in total. The van der Waals surface area contributed by atoms with E-state index in [1.165, 1.54) is 36.2 Å². The molecule has 0 unspecified atom stereocenters. The molecule has 0 atom stereocenters. The van der Waals surface area contributed by atoms with Crippen LogP contribution in [0.1, 0.15) is 29.8 Å². The molecule has 0 aliphatic rings. The standard InChI is InChI=1S/C21H23ClFNO5/c1-4-27-18-10-9-14(11-19(18)28-5-2)21(26)29-13-20(25)24(3)12-15-16(22)7-6-8-17(15)23/h6-11H,4-5,12-13H2,1-3H3. The molecule has 0 bridgehead atoms. The summed E-state index contributed by atoms with van der Waals surface area (Å²) in [5, 5.41) is 0.222. The van der Waals surface area contributed by atoms with Crippen LogP contribution < -0.4 is 9.47 Å². The van der Waals surface area contributed by atoms with Gasteiger partial charge in [0.05, 0.1) is 18.8 Å². The van der Waals surface area contributed by atoms with Crippen molar-refractivity contribution in [3.8, 4) is 11.5 Å². The molecule has 2 aromatic carbocycles. The maximum atomic E-state index is 13.9. The first kappa shape index (κ1) is 22.5. The van der Waals surface area contributed by atoms with Crippen molar-refractivity contribution in [1.29, 1.82) is 0 Å². The highest BCUT2D eigenvalue weighted by Gasteiger charge is 2.18. The van der Waals surface area contributed by atoms with Gasteiger partial charge in [0.15, 0.2) is 18.1 Å². The number of halogens is 2. The second-order valence-electron chi connectivity index (χ2n) is 6.05. The van der Waals surface area contributed by atoms with Crippen LogP contribution in [0.25, 0.3) is 0 Å². The molecule has 156 valence electrons. The summed E-state index contributed by atoms with van der Waals surface area (Å²) in [6, 6.07) is 8.94. The summed E-state index contributed by atoms with van der Waals surface area (Å²) in [6.07, 6.45) is 0. The topological polar surface area (TPSA) is 65.1 Å². The number of rotatable bonds is 9. The molecule has 2 rings (SSSR count). The number of ether oxygens (including phenoxy) is 3. The van der Waals surface area contributed by atoms with Gasteiger partial charge in [0.25, 0.3) is 5.91 Å². The minimum absolute atomic E-state index is 0.0422. The summed E-state index contributed by atoms with van der Waals surface area (Å²) in [5.41, 5.74) is 0.425. The first-order chi connectivity index (χ1) is 13.9. The molecular weight excluding hydrogens is 401 g/mol. The van der Waals surface area contributed by atoms with Crippen molar-refractivity contribution >= 4 is 23.5 Å². The number of amides is 1. The largest absolute Gasteiger partial charge is 0.490 e. The van der Waals surface area contributed by atoms with E-state index in [2.05, 4.69) is 0 Å². The van der Waals surface area contributed by atoms with E-state index in [0.717, 1.165) is 0 Å². The predicted molar refractivity (Wildman–Crippen MR) is 107 cm³/mol. The van der Waals surface area contributed by atoms with Crippen molar-refractivity contribution in [3.63, 3.8) is 0 Å². The van der Waals surface area contributed by atoms with Crippen molar-refractivity contribution in [3.05, 3.63) is 58.4 Å². The summed E-state index contributed by atoms with van der Waals surface area (Å²) in [6.45, 7) is 3.99. The van der Waals surface area contributed by atoms with E-state index in [9.17, 15) is 14.0 Å². The third-order valence-electron chi connectivity index (χ3n) is 3.99. The number of carbonyl (C=O) groups is 2. The lowest BCUT2D eigenvalue weighted by molar-refractivity contribution is -0.133. The molecule has 0 aliphatic carbocycles. The van der Waals surface area contributed by atoms with Gasteiger partial charge in [0.2, 0.25) is 0 Å². The lowest BCUT2D eigenvalue weighted by atomic mass is 10.2. The van der Waals surface area contributed by atoms with E-state index in [0.29, 0.717) is 24.7 Å². The lowest BCUT2D eigenvalue weighted by Crippen LogP contribution is -2.31. The van der Waals surface area contributed by atoms with Crippen molar-refractivity contribution in [2.24, 2.45) is 0 Å².